The maximum atomic E-state index is 5.36. The fraction of sp³-hybridized carbons (Fsp3) is 0.375. The summed E-state index contributed by atoms with van der Waals surface area (Å²) < 4.78 is 16.9. The Balaban J connectivity index is 0.00000242. The van der Waals surface area contributed by atoms with Crippen LogP contribution in [0.2, 0.25) is 0 Å². The van der Waals surface area contributed by atoms with Crippen molar-refractivity contribution in [1.29, 1.82) is 0 Å². The van der Waals surface area contributed by atoms with Crippen LogP contribution in [0, 0.1) is 0 Å². The highest BCUT2D eigenvalue weighted by molar-refractivity contribution is 9.10. The van der Waals surface area contributed by atoms with Crippen LogP contribution in [-0.2, 0) is 13.0 Å². The molecular formula is C16H21BrClNO3. The van der Waals surface area contributed by atoms with Gasteiger partial charge in [0.2, 0.25) is 0 Å². The number of benzene rings is 1. The second-order valence-corrected chi connectivity index (χ2v) is 5.73. The quantitative estimate of drug-likeness (QED) is 0.769. The molecule has 1 aromatic carbocycles. The van der Waals surface area contributed by atoms with E-state index in [1.165, 1.54) is 0 Å². The summed E-state index contributed by atoms with van der Waals surface area (Å²) in [4.78, 5) is 0. The maximum absolute atomic E-state index is 5.36. The van der Waals surface area contributed by atoms with Crippen LogP contribution >= 0.6 is 28.3 Å². The largest absolute Gasteiger partial charge is 0.493 e. The van der Waals surface area contributed by atoms with Crippen molar-refractivity contribution in [3.05, 3.63) is 46.3 Å². The van der Waals surface area contributed by atoms with E-state index in [0.717, 1.165) is 34.5 Å². The van der Waals surface area contributed by atoms with Gasteiger partial charge >= 0.3 is 0 Å². The van der Waals surface area contributed by atoms with Crippen molar-refractivity contribution in [2.24, 2.45) is 0 Å². The molecule has 0 saturated heterocycles. The van der Waals surface area contributed by atoms with Crippen LogP contribution in [0.25, 0.3) is 0 Å². The minimum Gasteiger partial charge on any atom is -0.493 e. The number of hydrogen-bond donors (Lipinski definition) is 1. The van der Waals surface area contributed by atoms with E-state index in [9.17, 15) is 0 Å². The van der Waals surface area contributed by atoms with Gasteiger partial charge in [-0.3, -0.25) is 0 Å². The van der Waals surface area contributed by atoms with Crippen LogP contribution in [0.15, 0.2) is 39.4 Å². The van der Waals surface area contributed by atoms with Crippen LogP contribution in [-0.4, -0.2) is 20.3 Å². The molecule has 0 aliphatic rings. The Hall–Kier alpha value is -1.17. The van der Waals surface area contributed by atoms with E-state index in [0.29, 0.717) is 11.8 Å². The second kappa shape index (κ2) is 9.08. The van der Waals surface area contributed by atoms with Crippen molar-refractivity contribution in [1.82, 2.24) is 5.32 Å². The first-order valence-electron chi connectivity index (χ1n) is 6.80. The molecule has 4 nitrogen and oxygen atoms in total. The molecule has 1 atom stereocenters. The first-order valence-corrected chi connectivity index (χ1v) is 7.59. The number of hydrogen-bond acceptors (Lipinski definition) is 4. The van der Waals surface area contributed by atoms with Crippen molar-refractivity contribution in [2.75, 3.05) is 14.2 Å². The Morgan fingerprint density at radius 2 is 2.05 bits per heavy atom. The molecule has 1 unspecified atom stereocenters. The SMILES string of the molecule is COc1cc(CNC(C)Cc2ccco2)cc(Br)c1OC.Cl. The molecule has 2 rings (SSSR count). The summed E-state index contributed by atoms with van der Waals surface area (Å²) in [5.74, 6) is 2.43. The van der Waals surface area contributed by atoms with Crippen LogP contribution in [0.3, 0.4) is 0 Å². The molecule has 122 valence electrons. The maximum Gasteiger partial charge on any atom is 0.174 e. The first kappa shape index (κ1) is 18.9. The molecule has 22 heavy (non-hydrogen) atoms. The third kappa shape index (κ3) is 4.93. The first-order chi connectivity index (χ1) is 10.1. The molecule has 0 aliphatic heterocycles. The lowest BCUT2D eigenvalue weighted by atomic mass is 10.1. The minimum absolute atomic E-state index is 0. The summed E-state index contributed by atoms with van der Waals surface area (Å²) in [7, 11) is 3.27. The lowest BCUT2D eigenvalue weighted by molar-refractivity contribution is 0.352. The molecule has 0 spiro atoms. The third-order valence-electron chi connectivity index (χ3n) is 3.24. The van der Waals surface area contributed by atoms with Gasteiger partial charge in [-0.05, 0) is 52.7 Å². The molecule has 1 aromatic heterocycles. The number of furan rings is 1. The lowest BCUT2D eigenvalue weighted by Gasteiger charge is -2.15. The zero-order valence-corrected chi connectivity index (χ0v) is 15.3. The summed E-state index contributed by atoms with van der Waals surface area (Å²) in [6.07, 6.45) is 2.56. The molecule has 0 amide bonds. The molecular weight excluding hydrogens is 370 g/mol. The van der Waals surface area contributed by atoms with Crippen LogP contribution < -0.4 is 14.8 Å². The van der Waals surface area contributed by atoms with E-state index in [1.54, 1.807) is 20.5 Å². The van der Waals surface area contributed by atoms with Gasteiger partial charge in [-0.25, -0.2) is 0 Å². The molecule has 0 bridgehead atoms. The summed E-state index contributed by atoms with van der Waals surface area (Å²) in [6.45, 7) is 2.89. The number of halogens is 2. The van der Waals surface area contributed by atoms with E-state index in [2.05, 4.69) is 28.2 Å². The zero-order valence-electron chi connectivity index (χ0n) is 12.9. The topological polar surface area (TPSA) is 43.6 Å². The summed E-state index contributed by atoms with van der Waals surface area (Å²) >= 11 is 3.51. The lowest BCUT2D eigenvalue weighted by Crippen LogP contribution is -2.27. The van der Waals surface area contributed by atoms with Gasteiger partial charge in [0.1, 0.15) is 5.76 Å². The average Bonchev–Trinajstić information content (AvgIpc) is 2.97. The fourth-order valence-corrected chi connectivity index (χ4v) is 2.82. The van der Waals surface area contributed by atoms with E-state index < -0.39 is 0 Å². The molecule has 2 aromatic rings. The van der Waals surface area contributed by atoms with Crippen molar-refractivity contribution in [3.63, 3.8) is 0 Å². The summed E-state index contributed by atoms with van der Waals surface area (Å²) in [5.41, 5.74) is 1.13. The van der Waals surface area contributed by atoms with Crippen LogP contribution in [0.1, 0.15) is 18.2 Å². The van der Waals surface area contributed by atoms with E-state index in [-0.39, 0.29) is 12.4 Å². The summed E-state index contributed by atoms with van der Waals surface area (Å²) in [6, 6.07) is 8.24. The number of nitrogens with one attached hydrogen (secondary N) is 1. The van der Waals surface area contributed by atoms with Gasteiger partial charge in [-0.1, -0.05) is 0 Å². The predicted octanol–water partition coefficient (Wildman–Crippen LogP) is 4.20. The van der Waals surface area contributed by atoms with Crippen molar-refractivity contribution in [3.8, 4) is 11.5 Å². The highest BCUT2D eigenvalue weighted by Crippen LogP contribution is 2.36. The van der Waals surface area contributed by atoms with Gasteiger partial charge in [0, 0.05) is 19.0 Å². The standard InChI is InChI=1S/C16H20BrNO3.ClH/c1-11(7-13-5-4-6-21-13)18-10-12-8-14(17)16(20-3)15(9-12)19-2;/h4-6,8-9,11,18H,7,10H2,1-3H3;1H. The monoisotopic (exact) mass is 389 g/mol. The van der Waals surface area contributed by atoms with Gasteiger partial charge in [0.25, 0.3) is 0 Å². The van der Waals surface area contributed by atoms with Gasteiger partial charge < -0.3 is 19.2 Å². The Morgan fingerprint density at radius 3 is 2.64 bits per heavy atom. The second-order valence-electron chi connectivity index (χ2n) is 4.88. The predicted molar refractivity (Wildman–Crippen MR) is 93.2 cm³/mol. The fourth-order valence-electron chi connectivity index (χ4n) is 2.17. The van der Waals surface area contributed by atoms with Gasteiger partial charge in [0.15, 0.2) is 11.5 Å². The Morgan fingerprint density at radius 1 is 1.27 bits per heavy atom. The van der Waals surface area contributed by atoms with Gasteiger partial charge in [0.05, 0.1) is 25.0 Å². The van der Waals surface area contributed by atoms with Gasteiger partial charge in [-0.2, -0.15) is 0 Å². The molecule has 0 fully saturated rings. The Labute approximate surface area is 145 Å². The smallest absolute Gasteiger partial charge is 0.174 e. The highest BCUT2D eigenvalue weighted by atomic mass is 79.9. The van der Waals surface area contributed by atoms with Crippen LogP contribution in [0.5, 0.6) is 11.5 Å². The summed E-state index contributed by atoms with van der Waals surface area (Å²) in [5, 5.41) is 3.48. The highest BCUT2D eigenvalue weighted by Gasteiger charge is 2.11. The van der Waals surface area contributed by atoms with Crippen molar-refractivity contribution < 1.29 is 13.9 Å². The normalized spacial score (nSPS) is 11.6. The average molecular weight is 391 g/mol. The number of methoxy groups -OCH3 is 2. The Bertz CT molecular complexity index is 575. The van der Waals surface area contributed by atoms with Gasteiger partial charge in [-0.15, -0.1) is 12.4 Å². The van der Waals surface area contributed by atoms with Crippen molar-refractivity contribution >= 4 is 28.3 Å². The van der Waals surface area contributed by atoms with Crippen LogP contribution in [0.4, 0.5) is 0 Å². The van der Waals surface area contributed by atoms with Crippen molar-refractivity contribution in [2.45, 2.75) is 25.9 Å². The number of rotatable bonds is 7. The van der Waals surface area contributed by atoms with E-state index in [1.807, 2.05) is 24.3 Å². The molecule has 0 radical (unpaired) electrons. The molecule has 0 aliphatic carbocycles. The molecule has 1 heterocycles. The minimum atomic E-state index is 0. The molecule has 1 N–H and O–H groups in total. The van der Waals surface area contributed by atoms with E-state index in [4.69, 9.17) is 13.9 Å². The van der Waals surface area contributed by atoms with E-state index >= 15 is 0 Å². The molecule has 6 heteroatoms. The molecule has 0 saturated carbocycles. The third-order valence-corrected chi connectivity index (χ3v) is 3.82. The zero-order chi connectivity index (χ0) is 15.2. The Kier molecular flexibility index (Phi) is 7.79. The number of ether oxygens (including phenoxy) is 2.